The number of hydrogen-bond acceptors (Lipinski definition) is 7. The van der Waals surface area contributed by atoms with Gasteiger partial charge in [0.15, 0.2) is 5.82 Å². The first-order chi connectivity index (χ1) is 10.6. The van der Waals surface area contributed by atoms with Crippen molar-refractivity contribution in [3.8, 4) is 0 Å². The van der Waals surface area contributed by atoms with Crippen molar-refractivity contribution < 1.29 is 13.8 Å². The SMILES string of the molecule is Cc1noc([C@H]2CO[C@@H]3CN(Cc4c(C)noc4C)C[C@H]23)n1. The number of hydrogen-bond donors (Lipinski definition) is 0. The molecule has 0 N–H and O–H groups in total. The lowest BCUT2D eigenvalue weighted by atomic mass is 9.93. The van der Waals surface area contributed by atoms with E-state index in [9.17, 15) is 0 Å². The Morgan fingerprint density at radius 3 is 2.68 bits per heavy atom. The molecule has 2 aliphatic heterocycles. The lowest BCUT2D eigenvalue weighted by molar-refractivity contribution is 0.0957. The van der Waals surface area contributed by atoms with Crippen LogP contribution in [-0.2, 0) is 11.3 Å². The second-order valence-corrected chi connectivity index (χ2v) is 6.32. The molecule has 3 atom stereocenters. The summed E-state index contributed by atoms with van der Waals surface area (Å²) in [6, 6.07) is 0. The molecule has 2 fully saturated rings. The minimum Gasteiger partial charge on any atom is -0.376 e. The molecule has 0 unspecified atom stereocenters. The quantitative estimate of drug-likeness (QED) is 0.852. The van der Waals surface area contributed by atoms with Crippen LogP contribution in [0.15, 0.2) is 9.05 Å². The molecule has 0 bridgehead atoms. The highest BCUT2D eigenvalue weighted by atomic mass is 16.5. The molecule has 0 aromatic carbocycles. The smallest absolute Gasteiger partial charge is 0.232 e. The zero-order valence-corrected chi connectivity index (χ0v) is 13.1. The van der Waals surface area contributed by atoms with Gasteiger partial charge in [0.25, 0.3) is 0 Å². The topological polar surface area (TPSA) is 77.4 Å². The van der Waals surface area contributed by atoms with Crippen LogP contribution in [0.1, 0.15) is 34.7 Å². The molecule has 0 radical (unpaired) electrons. The molecule has 2 aromatic rings. The first kappa shape index (κ1) is 13.9. The van der Waals surface area contributed by atoms with Gasteiger partial charge in [-0.1, -0.05) is 10.3 Å². The third-order valence-electron chi connectivity index (χ3n) is 4.81. The highest BCUT2D eigenvalue weighted by molar-refractivity contribution is 5.21. The molecule has 0 spiro atoms. The van der Waals surface area contributed by atoms with Gasteiger partial charge in [-0.05, 0) is 20.8 Å². The van der Waals surface area contributed by atoms with E-state index in [1.54, 1.807) is 0 Å². The molecule has 0 aliphatic carbocycles. The van der Waals surface area contributed by atoms with Crippen molar-refractivity contribution in [2.45, 2.75) is 39.3 Å². The number of likely N-dealkylation sites (tertiary alicyclic amines) is 1. The molecule has 22 heavy (non-hydrogen) atoms. The minimum absolute atomic E-state index is 0.209. The van der Waals surface area contributed by atoms with Gasteiger partial charge in [-0.15, -0.1) is 0 Å². The summed E-state index contributed by atoms with van der Waals surface area (Å²) in [5.41, 5.74) is 2.16. The Balaban J connectivity index is 1.48. The lowest BCUT2D eigenvalue weighted by Gasteiger charge is -2.17. The maximum atomic E-state index is 5.95. The van der Waals surface area contributed by atoms with Gasteiger partial charge in [-0.3, -0.25) is 4.90 Å². The average molecular weight is 304 g/mol. The summed E-state index contributed by atoms with van der Waals surface area (Å²) >= 11 is 0. The van der Waals surface area contributed by atoms with Crippen LogP contribution in [0.5, 0.6) is 0 Å². The van der Waals surface area contributed by atoms with Gasteiger partial charge in [0.2, 0.25) is 5.89 Å². The van der Waals surface area contributed by atoms with Gasteiger partial charge in [-0.2, -0.15) is 4.98 Å². The summed E-state index contributed by atoms with van der Waals surface area (Å²) in [6.07, 6.45) is 0.248. The molecular weight excluding hydrogens is 284 g/mol. The lowest BCUT2D eigenvalue weighted by Crippen LogP contribution is -2.24. The predicted octanol–water partition coefficient (Wildman–Crippen LogP) is 1.60. The third kappa shape index (κ3) is 2.24. The van der Waals surface area contributed by atoms with E-state index >= 15 is 0 Å². The molecule has 0 amide bonds. The zero-order valence-electron chi connectivity index (χ0n) is 13.1. The van der Waals surface area contributed by atoms with Crippen molar-refractivity contribution in [1.29, 1.82) is 0 Å². The van der Waals surface area contributed by atoms with Crippen LogP contribution in [0.3, 0.4) is 0 Å². The molecule has 7 nitrogen and oxygen atoms in total. The van der Waals surface area contributed by atoms with Gasteiger partial charge in [0, 0.05) is 31.1 Å². The predicted molar refractivity (Wildman–Crippen MR) is 76.3 cm³/mol. The number of rotatable bonds is 3. The molecule has 0 saturated carbocycles. The average Bonchev–Trinajstić information content (AvgIpc) is 3.21. The van der Waals surface area contributed by atoms with Crippen molar-refractivity contribution in [1.82, 2.24) is 20.2 Å². The molecule has 2 saturated heterocycles. The van der Waals surface area contributed by atoms with Crippen LogP contribution in [0.25, 0.3) is 0 Å². The molecule has 4 heterocycles. The van der Waals surface area contributed by atoms with E-state index in [0.717, 1.165) is 31.1 Å². The number of fused-ring (bicyclic) bond motifs is 1. The molecule has 118 valence electrons. The van der Waals surface area contributed by atoms with Gasteiger partial charge in [0.1, 0.15) is 5.76 Å². The monoisotopic (exact) mass is 304 g/mol. The van der Waals surface area contributed by atoms with E-state index in [0.29, 0.717) is 24.2 Å². The zero-order chi connectivity index (χ0) is 15.3. The van der Waals surface area contributed by atoms with Crippen molar-refractivity contribution in [2.75, 3.05) is 19.7 Å². The molecule has 2 aliphatic rings. The maximum Gasteiger partial charge on any atom is 0.232 e. The van der Waals surface area contributed by atoms with Crippen molar-refractivity contribution in [2.24, 2.45) is 5.92 Å². The summed E-state index contributed by atoms with van der Waals surface area (Å²) in [6.45, 7) is 9.23. The fraction of sp³-hybridized carbons (Fsp3) is 0.667. The van der Waals surface area contributed by atoms with Crippen LogP contribution >= 0.6 is 0 Å². The van der Waals surface area contributed by atoms with E-state index in [-0.39, 0.29) is 12.0 Å². The summed E-state index contributed by atoms with van der Waals surface area (Å²) in [4.78, 5) is 6.78. The Labute approximate surface area is 128 Å². The minimum atomic E-state index is 0.209. The first-order valence-corrected chi connectivity index (χ1v) is 7.67. The van der Waals surface area contributed by atoms with E-state index in [4.69, 9.17) is 13.8 Å². The van der Waals surface area contributed by atoms with E-state index < -0.39 is 0 Å². The second-order valence-electron chi connectivity index (χ2n) is 6.32. The summed E-state index contributed by atoms with van der Waals surface area (Å²) < 4.78 is 16.6. The highest BCUT2D eigenvalue weighted by Gasteiger charge is 2.46. The maximum absolute atomic E-state index is 5.95. The van der Waals surface area contributed by atoms with Gasteiger partial charge in [0.05, 0.1) is 24.3 Å². The van der Waals surface area contributed by atoms with Crippen LogP contribution in [-0.4, -0.2) is 46.0 Å². The Kier molecular flexibility index (Phi) is 3.27. The van der Waals surface area contributed by atoms with Crippen LogP contribution in [0.2, 0.25) is 0 Å². The van der Waals surface area contributed by atoms with Gasteiger partial charge >= 0.3 is 0 Å². The number of ether oxygens (including phenoxy) is 1. The summed E-state index contributed by atoms with van der Waals surface area (Å²) in [5, 5.41) is 7.93. The van der Waals surface area contributed by atoms with Crippen molar-refractivity contribution in [3.05, 3.63) is 28.7 Å². The van der Waals surface area contributed by atoms with Crippen LogP contribution in [0.4, 0.5) is 0 Å². The fourth-order valence-corrected chi connectivity index (χ4v) is 3.59. The van der Waals surface area contributed by atoms with Gasteiger partial charge in [-0.25, -0.2) is 0 Å². The third-order valence-corrected chi connectivity index (χ3v) is 4.81. The first-order valence-electron chi connectivity index (χ1n) is 7.67. The Bertz CT molecular complexity index is 661. The Hall–Kier alpha value is -1.73. The Morgan fingerprint density at radius 1 is 1.14 bits per heavy atom. The summed E-state index contributed by atoms with van der Waals surface area (Å²) in [7, 11) is 0. The molecule has 2 aromatic heterocycles. The van der Waals surface area contributed by atoms with Crippen molar-refractivity contribution in [3.63, 3.8) is 0 Å². The molecule has 7 heteroatoms. The Morgan fingerprint density at radius 2 is 2.00 bits per heavy atom. The second kappa shape index (κ2) is 5.17. The number of nitrogens with zero attached hydrogens (tertiary/aromatic N) is 4. The van der Waals surface area contributed by atoms with Crippen LogP contribution < -0.4 is 0 Å². The number of aryl methyl sites for hydroxylation is 3. The summed E-state index contributed by atoms with van der Waals surface area (Å²) in [5.74, 6) is 2.92. The number of aromatic nitrogens is 3. The van der Waals surface area contributed by atoms with Crippen LogP contribution in [0, 0.1) is 26.7 Å². The molecular formula is C15H20N4O3. The highest BCUT2D eigenvalue weighted by Crippen LogP contribution is 2.39. The van der Waals surface area contributed by atoms with E-state index in [2.05, 4.69) is 20.2 Å². The standard InChI is InChI=1S/C15H20N4O3/c1-8-11(9(2)21-17-8)4-19-5-12-13(7-20-14(12)6-19)15-16-10(3)18-22-15/h12-14H,4-7H2,1-3H3/t12-,13+,14-/m1/s1. The normalized spacial score (nSPS) is 28.4. The van der Waals surface area contributed by atoms with E-state index in [1.807, 2.05) is 20.8 Å². The largest absolute Gasteiger partial charge is 0.376 e. The van der Waals surface area contributed by atoms with E-state index in [1.165, 1.54) is 5.56 Å². The van der Waals surface area contributed by atoms with Crippen molar-refractivity contribution >= 4 is 0 Å². The fourth-order valence-electron chi connectivity index (χ4n) is 3.59. The van der Waals surface area contributed by atoms with Gasteiger partial charge < -0.3 is 13.8 Å². The molecule has 4 rings (SSSR count).